The number of hydrogen-bond acceptors (Lipinski definition) is 6. The van der Waals surface area contributed by atoms with Crippen LogP contribution in [0, 0.1) is 0 Å². The molecule has 2 aromatic carbocycles. The molecule has 2 rings (SSSR count). The van der Waals surface area contributed by atoms with Crippen molar-refractivity contribution in [2.75, 3.05) is 14.2 Å². The minimum Gasteiger partial charge on any atom is -0.504 e. The molecular weight excluding hydrogens is 288 g/mol. The van der Waals surface area contributed by atoms with Gasteiger partial charge in [-0.25, -0.2) is 0 Å². The van der Waals surface area contributed by atoms with E-state index in [0.29, 0.717) is 35.2 Å². The maximum atomic E-state index is 10.2. The molecule has 0 saturated heterocycles. The van der Waals surface area contributed by atoms with Crippen molar-refractivity contribution >= 4 is 12.6 Å². The van der Waals surface area contributed by atoms with Gasteiger partial charge in [0.2, 0.25) is 0 Å². The van der Waals surface area contributed by atoms with Gasteiger partial charge in [0.05, 0.1) is 14.2 Å². The highest BCUT2D eigenvalue weighted by atomic mass is 16.5. The van der Waals surface area contributed by atoms with Crippen LogP contribution < -0.4 is 9.47 Å². The lowest BCUT2D eigenvalue weighted by Gasteiger charge is -2.01. The number of methoxy groups -OCH3 is 2. The summed E-state index contributed by atoms with van der Waals surface area (Å²) in [5, 5.41) is 18.2. The van der Waals surface area contributed by atoms with Crippen molar-refractivity contribution in [1.29, 1.82) is 0 Å². The third-order valence-electron chi connectivity index (χ3n) is 2.68. The van der Waals surface area contributed by atoms with Crippen LogP contribution in [-0.4, -0.2) is 37.0 Å². The van der Waals surface area contributed by atoms with Gasteiger partial charge in [-0.2, -0.15) is 0 Å². The molecule has 6 heteroatoms. The zero-order chi connectivity index (χ0) is 16.5. The molecule has 0 aliphatic carbocycles. The van der Waals surface area contributed by atoms with Crippen molar-refractivity contribution in [2.45, 2.75) is 0 Å². The molecule has 0 radical (unpaired) electrons. The van der Waals surface area contributed by atoms with Crippen LogP contribution >= 0.6 is 0 Å². The Morgan fingerprint density at radius 2 is 1.32 bits per heavy atom. The molecular formula is C16H16O6. The summed E-state index contributed by atoms with van der Waals surface area (Å²) < 4.78 is 9.56. The van der Waals surface area contributed by atoms with Crippen LogP contribution in [0.1, 0.15) is 20.7 Å². The predicted molar refractivity (Wildman–Crippen MR) is 80.1 cm³/mol. The highest BCUT2D eigenvalue weighted by Crippen LogP contribution is 2.26. The molecule has 0 spiro atoms. The van der Waals surface area contributed by atoms with Crippen LogP contribution in [-0.2, 0) is 0 Å². The van der Waals surface area contributed by atoms with E-state index in [1.54, 1.807) is 12.1 Å². The first kappa shape index (κ1) is 17.0. The van der Waals surface area contributed by atoms with E-state index in [4.69, 9.17) is 19.7 Å². The summed E-state index contributed by atoms with van der Waals surface area (Å²) in [6, 6.07) is 8.88. The van der Waals surface area contributed by atoms with Gasteiger partial charge in [-0.1, -0.05) is 0 Å². The number of aromatic hydroxyl groups is 2. The monoisotopic (exact) mass is 304 g/mol. The minimum atomic E-state index is -0.0166. The molecule has 0 aliphatic heterocycles. The third-order valence-corrected chi connectivity index (χ3v) is 2.68. The van der Waals surface area contributed by atoms with Crippen molar-refractivity contribution in [3.8, 4) is 23.0 Å². The van der Waals surface area contributed by atoms with Crippen molar-refractivity contribution in [3.63, 3.8) is 0 Å². The summed E-state index contributed by atoms with van der Waals surface area (Å²) in [6.45, 7) is 0. The van der Waals surface area contributed by atoms with Crippen molar-refractivity contribution in [2.24, 2.45) is 0 Å². The minimum absolute atomic E-state index is 0.0166. The van der Waals surface area contributed by atoms with Crippen LogP contribution in [0.15, 0.2) is 36.4 Å². The number of carbonyl (C=O) groups is 2. The Morgan fingerprint density at radius 3 is 1.82 bits per heavy atom. The van der Waals surface area contributed by atoms with Gasteiger partial charge in [-0.05, 0) is 36.4 Å². The fraction of sp³-hybridized carbons (Fsp3) is 0.125. The quantitative estimate of drug-likeness (QED) is 0.843. The summed E-state index contributed by atoms with van der Waals surface area (Å²) in [5.74, 6) is 0.709. The fourth-order valence-electron chi connectivity index (χ4n) is 1.55. The van der Waals surface area contributed by atoms with Crippen LogP contribution in [0.2, 0.25) is 0 Å². The van der Waals surface area contributed by atoms with Gasteiger partial charge in [0.1, 0.15) is 12.6 Å². The maximum Gasteiger partial charge on any atom is 0.161 e. The molecule has 0 unspecified atom stereocenters. The summed E-state index contributed by atoms with van der Waals surface area (Å²) >= 11 is 0. The van der Waals surface area contributed by atoms with E-state index in [-0.39, 0.29) is 11.5 Å². The number of carbonyl (C=O) groups excluding carboxylic acids is 2. The molecule has 0 aliphatic rings. The van der Waals surface area contributed by atoms with Crippen molar-refractivity contribution in [1.82, 2.24) is 0 Å². The van der Waals surface area contributed by atoms with Gasteiger partial charge < -0.3 is 19.7 Å². The van der Waals surface area contributed by atoms with E-state index in [0.717, 1.165) is 0 Å². The van der Waals surface area contributed by atoms with Gasteiger partial charge in [0, 0.05) is 11.1 Å². The molecule has 0 bridgehead atoms. The summed E-state index contributed by atoms with van der Waals surface area (Å²) in [6.07, 6.45) is 1.36. The molecule has 0 aromatic heterocycles. The van der Waals surface area contributed by atoms with Crippen LogP contribution in [0.5, 0.6) is 23.0 Å². The Labute approximate surface area is 127 Å². The first-order chi connectivity index (χ1) is 10.5. The second kappa shape index (κ2) is 8.31. The molecule has 2 N–H and O–H groups in total. The number of aldehydes is 2. The lowest BCUT2D eigenvalue weighted by molar-refractivity contribution is 0.111. The molecule has 22 heavy (non-hydrogen) atoms. The average Bonchev–Trinajstić information content (AvgIpc) is 2.55. The van der Waals surface area contributed by atoms with E-state index in [2.05, 4.69) is 0 Å². The summed E-state index contributed by atoms with van der Waals surface area (Å²) in [7, 11) is 2.89. The molecule has 0 atom stereocenters. The van der Waals surface area contributed by atoms with Crippen LogP contribution in [0.3, 0.4) is 0 Å². The second-order valence-electron chi connectivity index (χ2n) is 4.10. The Hall–Kier alpha value is -3.02. The highest BCUT2D eigenvalue weighted by molar-refractivity contribution is 5.76. The highest BCUT2D eigenvalue weighted by Gasteiger charge is 2.01. The van der Waals surface area contributed by atoms with E-state index in [1.165, 1.54) is 38.5 Å². The molecule has 0 amide bonds. The first-order valence-electron chi connectivity index (χ1n) is 6.20. The van der Waals surface area contributed by atoms with Crippen molar-refractivity contribution < 1.29 is 29.3 Å². The molecule has 2 aromatic rings. The smallest absolute Gasteiger partial charge is 0.161 e. The number of hydrogen-bond donors (Lipinski definition) is 2. The Balaban J connectivity index is 0.000000220. The summed E-state index contributed by atoms with van der Waals surface area (Å²) in [4.78, 5) is 20.5. The van der Waals surface area contributed by atoms with E-state index >= 15 is 0 Å². The largest absolute Gasteiger partial charge is 0.504 e. The standard InChI is InChI=1S/2C8H8O3/c1-11-8-3-2-6(5-9)4-7(8)10;1-11-8-4-6(5-9)2-3-7(8)10/h2*2-5,10H,1H3. The lowest BCUT2D eigenvalue weighted by Crippen LogP contribution is -1.85. The predicted octanol–water partition coefficient (Wildman–Crippen LogP) is 2.43. The number of phenols is 2. The molecule has 0 heterocycles. The SMILES string of the molecule is COc1cc(C=O)ccc1O.COc1ccc(C=O)cc1O. The zero-order valence-electron chi connectivity index (χ0n) is 12.1. The second-order valence-corrected chi connectivity index (χ2v) is 4.10. The maximum absolute atomic E-state index is 10.2. The van der Waals surface area contributed by atoms with Gasteiger partial charge in [0.15, 0.2) is 23.0 Å². The Kier molecular flexibility index (Phi) is 6.43. The number of benzene rings is 2. The van der Waals surface area contributed by atoms with Gasteiger partial charge in [-0.15, -0.1) is 0 Å². The van der Waals surface area contributed by atoms with Gasteiger partial charge in [-0.3, -0.25) is 9.59 Å². The molecule has 0 fully saturated rings. The fourth-order valence-corrected chi connectivity index (χ4v) is 1.55. The van der Waals surface area contributed by atoms with Crippen molar-refractivity contribution in [3.05, 3.63) is 47.5 Å². The van der Waals surface area contributed by atoms with E-state index in [9.17, 15) is 9.59 Å². The Bertz CT molecular complexity index is 651. The number of ether oxygens (including phenoxy) is 2. The summed E-state index contributed by atoms with van der Waals surface area (Å²) in [5.41, 5.74) is 0.919. The molecule has 116 valence electrons. The third kappa shape index (κ3) is 4.52. The number of rotatable bonds is 4. The Morgan fingerprint density at radius 1 is 0.773 bits per heavy atom. The topological polar surface area (TPSA) is 93.1 Å². The molecule has 6 nitrogen and oxygen atoms in total. The van der Waals surface area contributed by atoms with Gasteiger partial charge in [0.25, 0.3) is 0 Å². The van der Waals surface area contributed by atoms with Crippen LogP contribution in [0.25, 0.3) is 0 Å². The van der Waals surface area contributed by atoms with Crippen LogP contribution in [0.4, 0.5) is 0 Å². The number of phenolic OH excluding ortho intramolecular Hbond substituents is 2. The molecule has 0 saturated carbocycles. The average molecular weight is 304 g/mol. The lowest BCUT2D eigenvalue weighted by atomic mass is 10.2. The zero-order valence-corrected chi connectivity index (χ0v) is 12.1. The first-order valence-corrected chi connectivity index (χ1v) is 6.20. The van der Waals surface area contributed by atoms with E-state index in [1.807, 2.05) is 0 Å². The normalized spacial score (nSPS) is 9.18. The van der Waals surface area contributed by atoms with E-state index < -0.39 is 0 Å². The van der Waals surface area contributed by atoms with Gasteiger partial charge >= 0.3 is 0 Å².